The Balaban J connectivity index is 0.00000280. The van der Waals surface area contributed by atoms with Crippen molar-refractivity contribution in [3.63, 3.8) is 0 Å². The summed E-state index contributed by atoms with van der Waals surface area (Å²) >= 11 is 0. The van der Waals surface area contributed by atoms with Crippen molar-refractivity contribution >= 4 is 24.2 Å². The topological polar surface area (TPSA) is 66.6 Å². The van der Waals surface area contributed by atoms with Gasteiger partial charge in [0.15, 0.2) is 0 Å². The first-order valence-corrected chi connectivity index (χ1v) is 9.11. The number of rotatable bonds is 4. The van der Waals surface area contributed by atoms with Crippen LogP contribution in [0.25, 0.3) is 0 Å². The van der Waals surface area contributed by atoms with Gasteiger partial charge in [0.2, 0.25) is 5.91 Å². The van der Waals surface area contributed by atoms with Gasteiger partial charge in [0.05, 0.1) is 5.92 Å². The summed E-state index contributed by atoms with van der Waals surface area (Å²) < 4.78 is 13.0. The first kappa shape index (κ1) is 21.9. The van der Waals surface area contributed by atoms with E-state index in [0.29, 0.717) is 31.7 Å². The second-order valence-corrected chi connectivity index (χ2v) is 6.85. The molecule has 0 aromatic heterocycles. The lowest BCUT2D eigenvalue weighted by Gasteiger charge is -2.37. The maximum absolute atomic E-state index is 13.0. The maximum atomic E-state index is 13.0. The molecule has 5 nitrogen and oxygen atoms in total. The van der Waals surface area contributed by atoms with Crippen molar-refractivity contribution in [2.24, 2.45) is 11.7 Å². The Labute approximate surface area is 170 Å². The summed E-state index contributed by atoms with van der Waals surface area (Å²) in [5, 5.41) is 0. The minimum absolute atomic E-state index is 0. The molecule has 3 rings (SSSR count). The second-order valence-electron chi connectivity index (χ2n) is 6.85. The predicted molar refractivity (Wildman–Crippen MR) is 109 cm³/mol. The largest absolute Gasteiger partial charge is 0.339 e. The lowest BCUT2D eigenvalue weighted by atomic mass is 9.94. The van der Waals surface area contributed by atoms with Crippen LogP contribution < -0.4 is 5.73 Å². The van der Waals surface area contributed by atoms with Crippen LogP contribution in [0.3, 0.4) is 0 Å². The zero-order valence-electron chi connectivity index (χ0n) is 15.8. The Morgan fingerprint density at radius 2 is 1.46 bits per heavy atom. The van der Waals surface area contributed by atoms with Crippen molar-refractivity contribution in [2.75, 3.05) is 26.2 Å². The van der Waals surface area contributed by atoms with Crippen LogP contribution in [0.2, 0.25) is 0 Å². The molecule has 2 aromatic carbocycles. The highest BCUT2D eigenvalue weighted by molar-refractivity contribution is 5.94. The van der Waals surface area contributed by atoms with Gasteiger partial charge >= 0.3 is 0 Å². The highest BCUT2D eigenvalue weighted by atomic mass is 35.5. The quantitative estimate of drug-likeness (QED) is 0.850. The average molecular weight is 406 g/mol. The molecule has 0 radical (unpaired) electrons. The van der Waals surface area contributed by atoms with E-state index in [0.717, 1.165) is 5.56 Å². The van der Waals surface area contributed by atoms with E-state index < -0.39 is 0 Å². The van der Waals surface area contributed by atoms with Crippen LogP contribution in [0.4, 0.5) is 4.39 Å². The highest BCUT2D eigenvalue weighted by Crippen LogP contribution is 2.22. The molecule has 1 fully saturated rings. The number of hydrogen-bond acceptors (Lipinski definition) is 3. The number of piperazine rings is 1. The summed E-state index contributed by atoms with van der Waals surface area (Å²) in [5.74, 6) is -0.853. The molecule has 2 atom stereocenters. The molecule has 1 heterocycles. The third kappa shape index (κ3) is 4.88. The zero-order valence-corrected chi connectivity index (χ0v) is 16.6. The number of nitrogens with two attached hydrogens (primary N) is 1. The van der Waals surface area contributed by atoms with Crippen LogP contribution in [0, 0.1) is 11.7 Å². The second kappa shape index (κ2) is 9.66. The highest BCUT2D eigenvalue weighted by Gasteiger charge is 2.30. The molecule has 28 heavy (non-hydrogen) atoms. The van der Waals surface area contributed by atoms with E-state index in [1.54, 1.807) is 9.80 Å². The molecule has 2 amide bonds. The number of benzene rings is 2. The molecular weight excluding hydrogens is 381 g/mol. The standard InChI is InChI=1S/C21H24FN3O2.ClH/c1-15(19(23)16-5-3-2-4-6-16)20(26)24-11-13-25(14-12-24)21(27)17-7-9-18(22)10-8-17;/h2-10,15,19H,11-14,23H2,1H3;1H. The SMILES string of the molecule is CC(C(=O)N1CCN(C(=O)c2ccc(F)cc2)CC1)C(N)c1ccccc1.Cl. The summed E-state index contributed by atoms with van der Waals surface area (Å²) in [6.07, 6.45) is 0. The van der Waals surface area contributed by atoms with Crippen molar-refractivity contribution in [3.8, 4) is 0 Å². The normalized spacial score (nSPS) is 16.1. The summed E-state index contributed by atoms with van der Waals surface area (Å²) in [7, 11) is 0. The van der Waals surface area contributed by atoms with E-state index in [1.807, 2.05) is 37.3 Å². The zero-order chi connectivity index (χ0) is 19.4. The number of carbonyl (C=O) groups is 2. The van der Waals surface area contributed by atoms with Gasteiger partial charge < -0.3 is 15.5 Å². The number of halogens is 2. The molecule has 150 valence electrons. The van der Waals surface area contributed by atoms with Crippen LogP contribution in [0.15, 0.2) is 54.6 Å². The van der Waals surface area contributed by atoms with Gasteiger partial charge in [-0.1, -0.05) is 37.3 Å². The summed E-state index contributed by atoms with van der Waals surface area (Å²) in [5.41, 5.74) is 7.66. The van der Waals surface area contributed by atoms with Gasteiger partial charge in [-0.05, 0) is 29.8 Å². The van der Waals surface area contributed by atoms with Gasteiger partial charge in [0, 0.05) is 37.8 Å². The average Bonchev–Trinajstić information content (AvgIpc) is 2.73. The number of amides is 2. The Morgan fingerprint density at radius 1 is 0.929 bits per heavy atom. The van der Waals surface area contributed by atoms with E-state index in [-0.39, 0.29) is 42.0 Å². The third-order valence-corrected chi connectivity index (χ3v) is 5.08. The van der Waals surface area contributed by atoms with Crippen molar-refractivity contribution in [3.05, 3.63) is 71.5 Å². The fraction of sp³-hybridized carbons (Fsp3) is 0.333. The minimum Gasteiger partial charge on any atom is -0.339 e. The van der Waals surface area contributed by atoms with E-state index in [1.165, 1.54) is 24.3 Å². The molecule has 1 aliphatic rings. The molecule has 2 aromatic rings. The van der Waals surface area contributed by atoms with Gasteiger partial charge in [0.1, 0.15) is 5.82 Å². The summed E-state index contributed by atoms with van der Waals surface area (Å²) in [6.45, 7) is 3.69. The Bertz CT molecular complexity index is 793. The smallest absolute Gasteiger partial charge is 0.253 e. The van der Waals surface area contributed by atoms with Crippen LogP contribution in [0.1, 0.15) is 28.9 Å². The fourth-order valence-electron chi connectivity index (χ4n) is 3.31. The van der Waals surface area contributed by atoms with Gasteiger partial charge in [-0.25, -0.2) is 4.39 Å². The molecule has 1 saturated heterocycles. The molecule has 2 unspecified atom stereocenters. The molecule has 0 bridgehead atoms. The van der Waals surface area contributed by atoms with Crippen LogP contribution in [-0.4, -0.2) is 47.8 Å². The van der Waals surface area contributed by atoms with E-state index >= 15 is 0 Å². The lowest BCUT2D eigenvalue weighted by molar-refractivity contribution is -0.137. The first-order chi connectivity index (χ1) is 13.0. The molecule has 1 aliphatic heterocycles. The third-order valence-electron chi connectivity index (χ3n) is 5.08. The van der Waals surface area contributed by atoms with Gasteiger partial charge in [0.25, 0.3) is 5.91 Å². The Hall–Kier alpha value is -2.44. The molecule has 7 heteroatoms. The Kier molecular flexibility index (Phi) is 7.54. The number of nitrogens with zero attached hydrogens (tertiary/aromatic N) is 2. The molecule has 2 N–H and O–H groups in total. The van der Waals surface area contributed by atoms with Crippen molar-refractivity contribution < 1.29 is 14.0 Å². The van der Waals surface area contributed by atoms with Crippen molar-refractivity contribution in [1.82, 2.24) is 9.80 Å². The number of carbonyl (C=O) groups excluding carboxylic acids is 2. The van der Waals surface area contributed by atoms with Crippen LogP contribution >= 0.6 is 12.4 Å². The predicted octanol–water partition coefficient (Wildman–Crippen LogP) is 2.87. The summed E-state index contributed by atoms with van der Waals surface area (Å²) in [6, 6.07) is 14.7. The lowest BCUT2D eigenvalue weighted by Crippen LogP contribution is -2.52. The van der Waals surface area contributed by atoms with E-state index in [2.05, 4.69) is 0 Å². The minimum atomic E-state index is -0.370. The Morgan fingerprint density at radius 3 is 2.04 bits per heavy atom. The molecule has 0 spiro atoms. The van der Waals surface area contributed by atoms with E-state index in [4.69, 9.17) is 5.73 Å². The van der Waals surface area contributed by atoms with Crippen LogP contribution in [0.5, 0.6) is 0 Å². The first-order valence-electron chi connectivity index (χ1n) is 9.11. The molecule has 0 aliphatic carbocycles. The van der Waals surface area contributed by atoms with Gasteiger partial charge in [-0.15, -0.1) is 12.4 Å². The molecular formula is C21H25ClFN3O2. The van der Waals surface area contributed by atoms with Crippen molar-refractivity contribution in [1.29, 1.82) is 0 Å². The van der Waals surface area contributed by atoms with Gasteiger partial charge in [-0.3, -0.25) is 9.59 Å². The van der Waals surface area contributed by atoms with E-state index in [9.17, 15) is 14.0 Å². The molecule has 0 saturated carbocycles. The monoisotopic (exact) mass is 405 g/mol. The number of hydrogen-bond donors (Lipinski definition) is 1. The van der Waals surface area contributed by atoms with Crippen LogP contribution in [-0.2, 0) is 4.79 Å². The van der Waals surface area contributed by atoms with Crippen molar-refractivity contribution in [2.45, 2.75) is 13.0 Å². The maximum Gasteiger partial charge on any atom is 0.253 e. The fourth-order valence-corrected chi connectivity index (χ4v) is 3.31. The van der Waals surface area contributed by atoms with Gasteiger partial charge in [-0.2, -0.15) is 0 Å². The summed E-state index contributed by atoms with van der Waals surface area (Å²) in [4.78, 5) is 28.8.